The first-order chi connectivity index (χ1) is 11.5. The van der Waals surface area contributed by atoms with E-state index >= 15 is 0 Å². The third-order valence-electron chi connectivity index (χ3n) is 3.04. The first kappa shape index (κ1) is 16.1. The molecule has 1 unspecified atom stereocenters. The summed E-state index contributed by atoms with van der Waals surface area (Å²) in [7, 11) is 0. The maximum absolute atomic E-state index is 13.2. The highest BCUT2D eigenvalue weighted by Crippen LogP contribution is 2.36. The number of hydrogen-bond acceptors (Lipinski definition) is 6. The average molecular weight is 336 g/mol. The summed E-state index contributed by atoms with van der Waals surface area (Å²) in [5, 5.41) is 11.1. The quantitative estimate of drug-likeness (QED) is 0.711. The highest BCUT2D eigenvalue weighted by Gasteiger charge is 2.42. The van der Waals surface area contributed by atoms with Crippen molar-refractivity contribution < 1.29 is 22.4 Å². The standard InChI is InChI=1S/C15H11F3N4O2/c16-15(17,18)13(10-5-2-1-3-6-10)23-9-12-20-14(22-24-12)11-7-4-8-19-21-11/h1-8,13H,9H2. The van der Waals surface area contributed by atoms with Gasteiger partial charge in [-0.3, -0.25) is 0 Å². The van der Waals surface area contributed by atoms with Gasteiger partial charge >= 0.3 is 6.18 Å². The lowest BCUT2D eigenvalue weighted by Gasteiger charge is -2.20. The van der Waals surface area contributed by atoms with Gasteiger partial charge in [-0.25, -0.2) is 0 Å². The summed E-state index contributed by atoms with van der Waals surface area (Å²) < 4.78 is 49.4. The molecule has 0 saturated heterocycles. The number of nitrogens with zero attached hydrogens (tertiary/aromatic N) is 4. The molecule has 0 aliphatic heterocycles. The predicted octanol–water partition coefficient (Wildman–Crippen LogP) is 3.35. The molecular weight excluding hydrogens is 325 g/mol. The predicted molar refractivity (Wildman–Crippen MR) is 75.4 cm³/mol. The largest absolute Gasteiger partial charge is 0.418 e. The summed E-state index contributed by atoms with van der Waals surface area (Å²) in [5.74, 6) is 0.0470. The molecule has 2 heterocycles. The van der Waals surface area contributed by atoms with Gasteiger partial charge in [0.15, 0.2) is 6.10 Å². The molecule has 0 amide bonds. The van der Waals surface area contributed by atoms with Crippen LogP contribution >= 0.6 is 0 Å². The van der Waals surface area contributed by atoms with Gasteiger partial charge < -0.3 is 9.26 Å². The summed E-state index contributed by atoms with van der Waals surface area (Å²) in [6.07, 6.45) is -5.16. The maximum atomic E-state index is 13.2. The lowest BCUT2D eigenvalue weighted by atomic mass is 10.1. The minimum absolute atomic E-state index is 0.00124. The van der Waals surface area contributed by atoms with Gasteiger partial charge in [0, 0.05) is 6.20 Å². The van der Waals surface area contributed by atoms with E-state index in [4.69, 9.17) is 9.26 Å². The smallest absolute Gasteiger partial charge is 0.354 e. The monoisotopic (exact) mass is 336 g/mol. The van der Waals surface area contributed by atoms with Crippen LogP contribution in [-0.4, -0.2) is 26.5 Å². The van der Waals surface area contributed by atoms with Crippen molar-refractivity contribution in [2.75, 3.05) is 0 Å². The molecule has 0 spiro atoms. The highest BCUT2D eigenvalue weighted by molar-refractivity contribution is 5.46. The maximum Gasteiger partial charge on any atom is 0.418 e. The molecule has 9 heteroatoms. The minimum Gasteiger partial charge on any atom is -0.354 e. The molecule has 1 aromatic carbocycles. The van der Waals surface area contributed by atoms with Crippen molar-refractivity contribution >= 4 is 0 Å². The second-order valence-corrected chi connectivity index (χ2v) is 4.76. The van der Waals surface area contributed by atoms with Gasteiger partial charge in [0.1, 0.15) is 12.3 Å². The molecule has 0 fully saturated rings. The second kappa shape index (κ2) is 6.75. The van der Waals surface area contributed by atoms with E-state index in [1.54, 1.807) is 18.2 Å². The molecule has 124 valence electrons. The highest BCUT2D eigenvalue weighted by atomic mass is 19.4. The Morgan fingerprint density at radius 3 is 2.54 bits per heavy atom. The summed E-state index contributed by atoms with van der Waals surface area (Å²) >= 11 is 0. The van der Waals surface area contributed by atoms with Crippen LogP contribution in [-0.2, 0) is 11.3 Å². The van der Waals surface area contributed by atoms with E-state index in [-0.39, 0.29) is 17.3 Å². The Balaban J connectivity index is 1.73. The van der Waals surface area contributed by atoms with Crippen LogP contribution in [0.3, 0.4) is 0 Å². The minimum atomic E-state index is -4.56. The third kappa shape index (κ3) is 3.74. The SMILES string of the molecule is FC(F)(F)C(OCc1nc(-c2cccnn2)no1)c1ccccc1. The number of aromatic nitrogens is 4. The van der Waals surface area contributed by atoms with E-state index in [9.17, 15) is 13.2 Å². The molecule has 3 aromatic rings. The second-order valence-electron chi connectivity index (χ2n) is 4.76. The lowest BCUT2D eigenvalue weighted by Crippen LogP contribution is -2.23. The Kier molecular flexibility index (Phi) is 4.52. The zero-order chi connectivity index (χ0) is 17.0. The van der Waals surface area contributed by atoms with E-state index in [0.29, 0.717) is 5.69 Å². The molecular formula is C15H11F3N4O2. The van der Waals surface area contributed by atoms with Crippen LogP contribution in [0.4, 0.5) is 13.2 Å². The molecule has 2 aromatic heterocycles. The molecule has 0 aliphatic rings. The van der Waals surface area contributed by atoms with Gasteiger partial charge in [0.2, 0.25) is 5.82 Å². The Labute approximate surface area is 134 Å². The normalized spacial score (nSPS) is 13.0. The van der Waals surface area contributed by atoms with Crippen molar-refractivity contribution in [3.63, 3.8) is 0 Å². The van der Waals surface area contributed by atoms with Crippen LogP contribution in [0.5, 0.6) is 0 Å². The zero-order valence-corrected chi connectivity index (χ0v) is 12.1. The van der Waals surface area contributed by atoms with Gasteiger partial charge in [-0.2, -0.15) is 23.3 Å². The van der Waals surface area contributed by atoms with Gasteiger partial charge in [-0.05, 0) is 17.7 Å². The van der Waals surface area contributed by atoms with E-state index in [1.807, 2.05) is 0 Å². The molecule has 0 N–H and O–H groups in total. The average Bonchev–Trinajstić information content (AvgIpc) is 3.05. The number of benzene rings is 1. The summed E-state index contributed by atoms with van der Waals surface area (Å²) in [6.45, 7) is -0.480. The van der Waals surface area contributed by atoms with Crippen molar-refractivity contribution in [2.45, 2.75) is 18.9 Å². The third-order valence-corrected chi connectivity index (χ3v) is 3.04. The fraction of sp³-hybridized carbons (Fsp3) is 0.200. The number of ether oxygens (including phenoxy) is 1. The molecule has 0 radical (unpaired) electrons. The summed E-state index contributed by atoms with van der Waals surface area (Å²) in [6, 6.07) is 10.6. The van der Waals surface area contributed by atoms with E-state index < -0.39 is 18.9 Å². The first-order valence-corrected chi connectivity index (χ1v) is 6.88. The first-order valence-electron chi connectivity index (χ1n) is 6.88. The molecule has 0 aliphatic carbocycles. The van der Waals surface area contributed by atoms with Crippen molar-refractivity contribution in [1.29, 1.82) is 0 Å². The molecule has 24 heavy (non-hydrogen) atoms. The Bertz CT molecular complexity index is 778. The van der Waals surface area contributed by atoms with Crippen molar-refractivity contribution in [3.8, 4) is 11.5 Å². The molecule has 3 rings (SSSR count). The number of hydrogen-bond donors (Lipinski definition) is 0. The summed E-state index contributed by atoms with van der Waals surface area (Å²) in [4.78, 5) is 3.96. The molecule has 0 saturated carbocycles. The van der Waals surface area contributed by atoms with Crippen molar-refractivity contribution in [1.82, 2.24) is 20.3 Å². The fourth-order valence-corrected chi connectivity index (χ4v) is 2.00. The Morgan fingerprint density at radius 2 is 1.88 bits per heavy atom. The number of rotatable bonds is 5. The summed E-state index contributed by atoms with van der Waals surface area (Å²) in [5.41, 5.74) is 0.349. The van der Waals surface area contributed by atoms with Gasteiger partial charge in [-0.15, -0.1) is 5.10 Å². The van der Waals surface area contributed by atoms with E-state index in [1.165, 1.54) is 30.5 Å². The Morgan fingerprint density at radius 1 is 1.08 bits per heavy atom. The zero-order valence-electron chi connectivity index (χ0n) is 12.1. The van der Waals surface area contributed by atoms with Gasteiger partial charge in [-0.1, -0.05) is 35.5 Å². The lowest BCUT2D eigenvalue weighted by molar-refractivity contribution is -0.228. The topological polar surface area (TPSA) is 73.9 Å². The van der Waals surface area contributed by atoms with Crippen LogP contribution in [0.15, 0.2) is 53.2 Å². The van der Waals surface area contributed by atoms with E-state index in [0.717, 1.165) is 0 Å². The van der Waals surface area contributed by atoms with Gasteiger partial charge in [0.05, 0.1) is 0 Å². The van der Waals surface area contributed by atoms with Gasteiger partial charge in [0.25, 0.3) is 5.89 Å². The van der Waals surface area contributed by atoms with Crippen molar-refractivity contribution in [2.24, 2.45) is 0 Å². The number of alkyl halides is 3. The molecule has 6 nitrogen and oxygen atoms in total. The number of halogens is 3. The Hall–Kier alpha value is -2.81. The van der Waals surface area contributed by atoms with Crippen LogP contribution in [0, 0.1) is 0 Å². The van der Waals surface area contributed by atoms with Crippen LogP contribution in [0.25, 0.3) is 11.5 Å². The van der Waals surface area contributed by atoms with Crippen LogP contribution in [0.2, 0.25) is 0 Å². The van der Waals surface area contributed by atoms with Crippen molar-refractivity contribution in [3.05, 3.63) is 60.1 Å². The molecule has 0 bridgehead atoms. The van der Waals surface area contributed by atoms with E-state index in [2.05, 4.69) is 20.3 Å². The van der Waals surface area contributed by atoms with Crippen LogP contribution < -0.4 is 0 Å². The molecule has 1 atom stereocenters. The fourth-order valence-electron chi connectivity index (χ4n) is 2.00. The van der Waals surface area contributed by atoms with Crippen LogP contribution in [0.1, 0.15) is 17.6 Å².